The molecule has 1 atom stereocenters. The SMILES string of the molecule is COc1cccc2cc(C(=O)NC[C@@H](O)c3ccc(-c4ccsc4)o3)oc12. The lowest BCUT2D eigenvalue weighted by Crippen LogP contribution is -2.27. The number of ether oxygens (including phenoxy) is 1. The van der Waals surface area contributed by atoms with Crippen LogP contribution in [0.2, 0.25) is 0 Å². The van der Waals surface area contributed by atoms with Crippen molar-refractivity contribution < 1.29 is 23.5 Å². The molecule has 0 unspecified atom stereocenters. The van der Waals surface area contributed by atoms with Gasteiger partial charge in [-0.05, 0) is 35.7 Å². The molecule has 3 heterocycles. The highest BCUT2D eigenvalue weighted by Gasteiger charge is 2.18. The highest BCUT2D eigenvalue weighted by Crippen LogP contribution is 2.29. The fraction of sp³-hybridized carbons (Fsp3) is 0.150. The highest BCUT2D eigenvalue weighted by molar-refractivity contribution is 7.08. The number of amides is 1. The number of nitrogens with one attached hydrogen (secondary N) is 1. The normalized spacial score (nSPS) is 12.2. The molecule has 0 saturated carbocycles. The number of furan rings is 2. The van der Waals surface area contributed by atoms with Gasteiger partial charge >= 0.3 is 0 Å². The number of para-hydroxylation sites is 1. The Morgan fingerprint density at radius 1 is 1.26 bits per heavy atom. The van der Waals surface area contributed by atoms with Crippen molar-refractivity contribution >= 4 is 28.2 Å². The topological polar surface area (TPSA) is 84.8 Å². The Morgan fingerprint density at radius 3 is 2.93 bits per heavy atom. The molecule has 7 heteroatoms. The lowest BCUT2D eigenvalue weighted by atomic mass is 10.2. The molecular formula is C20H17NO5S. The highest BCUT2D eigenvalue weighted by atomic mass is 32.1. The maximum Gasteiger partial charge on any atom is 0.287 e. The van der Waals surface area contributed by atoms with E-state index < -0.39 is 12.0 Å². The number of hydrogen-bond acceptors (Lipinski definition) is 6. The second-order valence-corrected chi connectivity index (χ2v) is 6.71. The van der Waals surface area contributed by atoms with Crippen molar-refractivity contribution in [3.63, 3.8) is 0 Å². The molecule has 0 radical (unpaired) electrons. The third kappa shape index (κ3) is 3.47. The zero-order chi connectivity index (χ0) is 18.8. The standard InChI is InChI=1S/C20H17NO5S/c1-24-17-4-2-3-12-9-18(26-19(12)17)20(23)21-10-14(22)16-6-5-15(25-16)13-7-8-27-11-13/h2-9,11,14,22H,10H2,1H3,(H,21,23)/t14-/m1/s1. The molecule has 0 aliphatic rings. The van der Waals surface area contributed by atoms with Crippen LogP contribution in [-0.4, -0.2) is 24.7 Å². The van der Waals surface area contributed by atoms with Crippen molar-refractivity contribution in [1.82, 2.24) is 5.32 Å². The Hall–Kier alpha value is -3.03. The summed E-state index contributed by atoms with van der Waals surface area (Å²) in [4.78, 5) is 12.4. The van der Waals surface area contributed by atoms with Gasteiger partial charge in [0, 0.05) is 16.3 Å². The van der Waals surface area contributed by atoms with Crippen LogP contribution in [0, 0.1) is 0 Å². The molecule has 1 aromatic carbocycles. The van der Waals surface area contributed by atoms with E-state index in [1.54, 1.807) is 42.7 Å². The molecule has 6 nitrogen and oxygen atoms in total. The van der Waals surface area contributed by atoms with E-state index in [9.17, 15) is 9.90 Å². The molecule has 0 fully saturated rings. The van der Waals surface area contributed by atoms with E-state index >= 15 is 0 Å². The largest absolute Gasteiger partial charge is 0.493 e. The summed E-state index contributed by atoms with van der Waals surface area (Å²) >= 11 is 1.57. The summed E-state index contributed by atoms with van der Waals surface area (Å²) in [6.07, 6.45) is -0.958. The fourth-order valence-electron chi connectivity index (χ4n) is 2.78. The third-order valence-electron chi connectivity index (χ3n) is 4.17. The number of aliphatic hydroxyl groups is 1. The van der Waals surface area contributed by atoms with Gasteiger partial charge in [-0.1, -0.05) is 12.1 Å². The van der Waals surface area contributed by atoms with E-state index in [1.807, 2.05) is 29.0 Å². The summed E-state index contributed by atoms with van der Waals surface area (Å²) in [6.45, 7) is 0.00358. The Labute approximate surface area is 159 Å². The molecule has 0 aliphatic carbocycles. The van der Waals surface area contributed by atoms with Crippen molar-refractivity contribution in [2.45, 2.75) is 6.10 Å². The van der Waals surface area contributed by atoms with Gasteiger partial charge in [0.15, 0.2) is 17.1 Å². The molecule has 4 rings (SSSR count). The van der Waals surface area contributed by atoms with E-state index in [4.69, 9.17) is 13.6 Å². The van der Waals surface area contributed by atoms with E-state index in [0.717, 1.165) is 10.9 Å². The summed E-state index contributed by atoms with van der Waals surface area (Å²) < 4.78 is 16.5. The van der Waals surface area contributed by atoms with Crippen LogP contribution in [0.25, 0.3) is 22.3 Å². The van der Waals surface area contributed by atoms with Crippen molar-refractivity contribution in [3.8, 4) is 17.1 Å². The molecule has 27 heavy (non-hydrogen) atoms. The van der Waals surface area contributed by atoms with Gasteiger partial charge in [-0.3, -0.25) is 4.79 Å². The smallest absolute Gasteiger partial charge is 0.287 e. The Morgan fingerprint density at radius 2 is 2.15 bits per heavy atom. The maximum atomic E-state index is 12.4. The van der Waals surface area contributed by atoms with Gasteiger partial charge in [0.2, 0.25) is 0 Å². The van der Waals surface area contributed by atoms with Gasteiger partial charge in [-0.25, -0.2) is 0 Å². The van der Waals surface area contributed by atoms with Crippen molar-refractivity contribution in [3.05, 3.63) is 64.7 Å². The molecule has 1 amide bonds. The fourth-order valence-corrected chi connectivity index (χ4v) is 3.42. The van der Waals surface area contributed by atoms with Crippen LogP contribution in [-0.2, 0) is 0 Å². The van der Waals surface area contributed by atoms with Crippen LogP contribution in [0.4, 0.5) is 0 Å². The number of rotatable bonds is 6. The average Bonchev–Trinajstić information content (AvgIpc) is 3.44. The first-order valence-electron chi connectivity index (χ1n) is 8.31. The molecule has 0 spiro atoms. The summed E-state index contributed by atoms with van der Waals surface area (Å²) in [5.74, 6) is 1.36. The first kappa shape index (κ1) is 17.4. The van der Waals surface area contributed by atoms with Crippen LogP contribution in [0.1, 0.15) is 22.4 Å². The van der Waals surface area contributed by atoms with Crippen LogP contribution >= 0.6 is 11.3 Å². The number of carbonyl (C=O) groups excluding carboxylic acids is 1. The van der Waals surface area contributed by atoms with Gasteiger partial charge in [0.1, 0.15) is 17.6 Å². The van der Waals surface area contributed by atoms with Gasteiger partial charge in [-0.2, -0.15) is 11.3 Å². The number of benzene rings is 1. The Kier molecular flexibility index (Phi) is 4.70. The lowest BCUT2D eigenvalue weighted by Gasteiger charge is -2.08. The summed E-state index contributed by atoms with van der Waals surface area (Å²) in [5, 5.41) is 17.6. The van der Waals surface area contributed by atoms with Gasteiger partial charge < -0.3 is 24.0 Å². The maximum absolute atomic E-state index is 12.4. The van der Waals surface area contributed by atoms with Gasteiger partial charge in [0.25, 0.3) is 5.91 Å². The van der Waals surface area contributed by atoms with E-state index in [-0.39, 0.29) is 12.3 Å². The minimum Gasteiger partial charge on any atom is -0.493 e. The molecule has 4 aromatic rings. The van der Waals surface area contributed by atoms with E-state index in [0.29, 0.717) is 22.9 Å². The van der Waals surface area contributed by atoms with Crippen molar-refractivity contribution in [1.29, 1.82) is 0 Å². The van der Waals surface area contributed by atoms with Gasteiger partial charge in [-0.15, -0.1) is 0 Å². The monoisotopic (exact) mass is 383 g/mol. The summed E-state index contributed by atoms with van der Waals surface area (Å²) in [7, 11) is 1.54. The van der Waals surface area contributed by atoms with E-state index in [2.05, 4.69) is 5.32 Å². The average molecular weight is 383 g/mol. The van der Waals surface area contributed by atoms with Crippen molar-refractivity contribution in [2.75, 3.05) is 13.7 Å². The van der Waals surface area contributed by atoms with Crippen LogP contribution < -0.4 is 10.1 Å². The molecular weight excluding hydrogens is 366 g/mol. The molecule has 0 bridgehead atoms. The predicted octanol–water partition coefficient (Wildman–Crippen LogP) is 4.23. The molecule has 0 aliphatic heterocycles. The number of aliphatic hydroxyl groups excluding tert-OH is 1. The first-order valence-corrected chi connectivity index (χ1v) is 9.25. The first-order chi connectivity index (χ1) is 13.2. The zero-order valence-electron chi connectivity index (χ0n) is 14.5. The van der Waals surface area contributed by atoms with Crippen LogP contribution in [0.3, 0.4) is 0 Å². The van der Waals surface area contributed by atoms with Crippen molar-refractivity contribution in [2.24, 2.45) is 0 Å². The quantitative estimate of drug-likeness (QED) is 0.521. The third-order valence-corrected chi connectivity index (χ3v) is 4.85. The van der Waals surface area contributed by atoms with Crippen LogP contribution in [0.5, 0.6) is 5.75 Å². The second kappa shape index (κ2) is 7.30. The molecule has 0 saturated heterocycles. The zero-order valence-corrected chi connectivity index (χ0v) is 15.3. The summed E-state index contributed by atoms with van der Waals surface area (Å²) in [6, 6.07) is 12.5. The Balaban J connectivity index is 1.43. The minimum atomic E-state index is -0.958. The van der Waals surface area contributed by atoms with Crippen LogP contribution in [0.15, 0.2) is 62.1 Å². The number of methoxy groups -OCH3 is 1. The number of fused-ring (bicyclic) bond motifs is 1. The number of carbonyl (C=O) groups is 1. The number of hydrogen-bond donors (Lipinski definition) is 2. The summed E-state index contributed by atoms with van der Waals surface area (Å²) in [5.41, 5.74) is 1.47. The van der Waals surface area contributed by atoms with Gasteiger partial charge in [0.05, 0.1) is 13.7 Å². The lowest BCUT2D eigenvalue weighted by molar-refractivity contribution is 0.0877. The minimum absolute atomic E-state index is 0.00358. The Bertz CT molecular complexity index is 1060. The molecule has 138 valence electrons. The second-order valence-electron chi connectivity index (χ2n) is 5.93. The van der Waals surface area contributed by atoms with E-state index in [1.165, 1.54) is 0 Å². The molecule has 3 aromatic heterocycles. The molecule has 2 N–H and O–H groups in total. The number of thiophene rings is 1. The predicted molar refractivity (Wildman–Crippen MR) is 102 cm³/mol.